The molecule has 4 bridgehead atoms. The summed E-state index contributed by atoms with van der Waals surface area (Å²) in [6.45, 7) is 1.11. The number of rotatable bonds is 6. The summed E-state index contributed by atoms with van der Waals surface area (Å²) in [6, 6.07) is 0. The highest BCUT2D eigenvalue weighted by Gasteiger charge is 2.52. The Bertz CT molecular complexity index is 405. The normalized spacial score (nSPS) is 38.1. The lowest BCUT2D eigenvalue weighted by molar-refractivity contribution is -0.433. The van der Waals surface area contributed by atoms with Crippen LogP contribution in [0, 0.1) is 29.6 Å². The summed E-state index contributed by atoms with van der Waals surface area (Å²) in [7, 11) is 0. The molecule has 4 rings (SSSR count). The van der Waals surface area contributed by atoms with E-state index < -0.39 is 17.3 Å². The highest BCUT2D eigenvalue weighted by Crippen LogP contribution is 2.57. The van der Waals surface area contributed by atoms with Crippen molar-refractivity contribution < 1.29 is 32.9 Å². The number of alkyl halides is 2. The second-order valence-electron chi connectivity index (χ2n) is 6.82. The van der Waals surface area contributed by atoms with Crippen molar-refractivity contribution in [3.63, 3.8) is 0 Å². The van der Waals surface area contributed by atoms with Crippen molar-refractivity contribution in [3.8, 4) is 0 Å². The fraction of sp³-hybridized carbons (Fsp3) is 0.929. The van der Waals surface area contributed by atoms with Gasteiger partial charge in [-0.05, 0) is 62.7 Å². The second kappa shape index (κ2) is 6.22. The third-order valence-corrected chi connectivity index (χ3v) is 6.12. The number of halogens is 2. The zero-order valence-electron chi connectivity index (χ0n) is 12.2. The lowest BCUT2D eigenvalue weighted by atomic mass is 9.52. The molecule has 1 N–H and O–H groups in total. The van der Waals surface area contributed by atoms with E-state index in [4.69, 9.17) is 9.99 Å². The van der Waals surface area contributed by atoms with Gasteiger partial charge in [0.2, 0.25) is 0 Å². The molecule has 0 aromatic carbocycles. The minimum absolute atomic E-state index is 0.244. The van der Waals surface area contributed by atoms with Crippen LogP contribution in [-0.4, -0.2) is 22.6 Å². The summed E-state index contributed by atoms with van der Waals surface area (Å²) in [5.41, 5.74) is 0. The van der Waals surface area contributed by atoms with Crippen molar-refractivity contribution in [3.05, 3.63) is 0 Å². The van der Waals surface area contributed by atoms with Gasteiger partial charge in [0, 0.05) is 0 Å². The molecule has 126 valence electrons. The van der Waals surface area contributed by atoms with E-state index in [9.17, 15) is 13.6 Å². The lowest BCUT2D eigenvalue weighted by Gasteiger charge is -2.53. The molecule has 0 aliphatic heterocycles. The Morgan fingerprint density at radius 1 is 1.18 bits per heavy atom. The van der Waals surface area contributed by atoms with E-state index in [0.717, 1.165) is 32.6 Å². The number of hydrogen-bond acceptors (Lipinski definition) is 6. The van der Waals surface area contributed by atoms with Crippen LogP contribution in [0.1, 0.15) is 39.0 Å². The smallest absolute Gasteiger partial charge is 0.356 e. The van der Waals surface area contributed by atoms with Crippen molar-refractivity contribution in [2.24, 2.45) is 29.6 Å². The standard InChI is InChI=1S/C14H20F2O5S/c1-7(14(15,16)22-21-20-18)19-13(17)12-10-3-8-2-9(5-10)6-11(12)4-8/h7-12,18H,2-6H2,1H3. The Kier molecular flexibility index (Phi) is 4.64. The molecular weight excluding hydrogens is 318 g/mol. The molecule has 4 fully saturated rings. The molecule has 22 heavy (non-hydrogen) atoms. The van der Waals surface area contributed by atoms with Gasteiger partial charge in [-0.25, -0.2) is 5.26 Å². The minimum Gasteiger partial charge on any atom is -0.455 e. The summed E-state index contributed by atoms with van der Waals surface area (Å²) in [5.74, 6) is 1.22. The highest BCUT2D eigenvalue weighted by molar-refractivity contribution is 7.95. The molecule has 0 spiro atoms. The number of esters is 1. The van der Waals surface area contributed by atoms with E-state index in [1.807, 2.05) is 0 Å². The van der Waals surface area contributed by atoms with E-state index >= 15 is 0 Å². The fourth-order valence-corrected chi connectivity index (χ4v) is 5.06. The van der Waals surface area contributed by atoms with Crippen molar-refractivity contribution in [2.45, 2.75) is 50.4 Å². The van der Waals surface area contributed by atoms with Gasteiger partial charge in [0.25, 0.3) is 0 Å². The summed E-state index contributed by atoms with van der Waals surface area (Å²) in [6.07, 6.45) is 3.69. The van der Waals surface area contributed by atoms with E-state index in [1.165, 1.54) is 6.42 Å². The highest BCUT2D eigenvalue weighted by atomic mass is 32.2. The van der Waals surface area contributed by atoms with Crippen LogP contribution in [0.4, 0.5) is 8.78 Å². The predicted octanol–water partition coefficient (Wildman–Crippen LogP) is 3.65. The molecule has 5 nitrogen and oxygen atoms in total. The maximum Gasteiger partial charge on any atom is 0.356 e. The zero-order valence-corrected chi connectivity index (χ0v) is 13.1. The van der Waals surface area contributed by atoms with Crippen LogP contribution in [0.3, 0.4) is 0 Å². The van der Waals surface area contributed by atoms with Gasteiger partial charge >= 0.3 is 11.2 Å². The largest absolute Gasteiger partial charge is 0.455 e. The molecule has 0 radical (unpaired) electrons. The van der Waals surface area contributed by atoms with Crippen molar-refractivity contribution >= 4 is 18.0 Å². The van der Waals surface area contributed by atoms with Gasteiger partial charge in [-0.3, -0.25) is 4.79 Å². The number of carbonyl (C=O) groups is 1. The van der Waals surface area contributed by atoms with Crippen LogP contribution in [0.25, 0.3) is 0 Å². The van der Waals surface area contributed by atoms with Crippen LogP contribution in [0.15, 0.2) is 0 Å². The second-order valence-corrected chi connectivity index (χ2v) is 7.67. The third kappa shape index (κ3) is 3.11. The van der Waals surface area contributed by atoms with Crippen LogP contribution >= 0.6 is 12.0 Å². The fourth-order valence-electron chi connectivity index (χ4n) is 4.76. The van der Waals surface area contributed by atoms with Crippen LogP contribution < -0.4 is 0 Å². The maximum absolute atomic E-state index is 13.7. The third-order valence-electron chi connectivity index (χ3n) is 5.44. The van der Waals surface area contributed by atoms with Crippen LogP contribution in [-0.2, 0) is 18.9 Å². The Hall–Kier alpha value is -0.440. The average molecular weight is 338 g/mol. The van der Waals surface area contributed by atoms with E-state index in [-0.39, 0.29) is 29.8 Å². The number of carbonyl (C=O) groups excluding carboxylic acids is 1. The Labute approximate surface area is 131 Å². The summed E-state index contributed by atoms with van der Waals surface area (Å²) < 4.78 is 36.1. The first-order valence-electron chi connectivity index (χ1n) is 7.65. The quantitative estimate of drug-likeness (QED) is 0.345. The van der Waals surface area contributed by atoms with E-state index in [0.29, 0.717) is 11.8 Å². The van der Waals surface area contributed by atoms with Gasteiger partial charge in [-0.15, -0.1) is 4.33 Å². The molecule has 0 aromatic rings. The molecule has 4 aliphatic carbocycles. The lowest BCUT2D eigenvalue weighted by Crippen LogP contribution is -2.49. The molecule has 4 aliphatic rings. The first-order valence-corrected chi connectivity index (χ1v) is 8.39. The first kappa shape index (κ1) is 16.4. The molecular formula is C14H20F2O5S. The average Bonchev–Trinajstić information content (AvgIpc) is 2.43. The van der Waals surface area contributed by atoms with Gasteiger partial charge in [0.1, 0.15) is 12.0 Å². The summed E-state index contributed by atoms with van der Waals surface area (Å²) in [5, 5.41) is 7.62. The molecule has 0 heterocycles. The van der Waals surface area contributed by atoms with Crippen LogP contribution in [0.2, 0.25) is 0 Å². The summed E-state index contributed by atoms with van der Waals surface area (Å²) >= 11 is -0.379. The predicted molar refractivity (Wildman–Crippen MR) is 73.4 cm³/mol. The van der Waals surface area contributed by atoms with Crippen molar-refractivity contribution in [2.75, 3.05) is 0 Å². The molecule has 1 unspecified atom stereocenters. The summed E-state index contributed by atoms with van der Waals surface area (Å²) in [4.78, 5) is 12.4. The molecule has 0 aromatic heterocycles. The van der Waals surface area contributed by atoms with Gasteiger partial charge in [0.15, 0.2) is 6.10 Å². The minimum atomic E-state index is -3.50. The van der Waals surface area contributed by atoms with E-state index in [1.54, 1.807) is 0 Å². The Morgan fingerprint density at radius 3 is 2.23 bits per heavy atom. The Morgan fingerprint density at radius 2 is 1.73 bits per heavy atom. The van der Waals surface area contributed by atoms with Gasteiger partial charge in [-0.2, -0.15) is 8.78 Å². The van der Waals surface area contributed by atoms with Gasteiger partial charge in [-0.1, -0.05) is 5.04 Å². The van der Waals surface area contributed by atoms with Crippen LogP contribution in [0.5, 0.6) is 0 Å². The van der Waals surface area contributed by atoms with Crippen molar-refractivity contribution in [1.82, 2.24) is 0 Å². The number of ether oxygens (including phenoxy) is 1. The monoisotopic (exact) mass is 338 g/mol. The molecule has 1 atom stereocenters. The molecule has 0 saturated heterocycles. The zero-order chi connectivity index (χ0) is 15.9. The molecule has 8 heteroatoms. The topological polar surface area (TPSA) is 65.0 Å². The SMILES string of the molecule is CC(OC(=O)C1C2CC3CC(C2)CC1C3)C(F)(F)SOOO. The van der Waals surface area contributed by atoms with Gasteiger partial charge < -0.3 is 4.74 Å². The van der Waals surface area contributed by atoms with Gasteiger partial charge in [0.05, 0.1) is 5.92 Å². The number of hydrogen-bond donors (Lipinski definition) is 1. The first-order chi connectivity index (χ1) is 10.4. The molecule has 0 amide bonds. The van der Waals surface area contributed by atoms with E-state index in [2.05, 4.69) is 9.37 Å². The maximum atomic E-state index is 13.7. The Balaban J connectivity index is 1.60. The molecule has 4 saturated carbocycles. The van der Waals surface area contributed by atoms with Crippen molar-refractivity contribution in [1.29, 1.82) is 0 Å².